The lowest BCUT2D eigenvalue weighted by atomic mass is 10.0. The van der Waals surface area contributed by atoms with E-state index in [2.05, 4.69) is 56.3 Å². The van der Waals surface area contributed by atoms with Gasteiger partial charge in [0.05, 0.1) is 23.7 Å². The van der Waals surface area contributed by atoms with E-state index in [1.165, 1.54) is 18.4 Å². The van der Waals surface area contributed by atoms with Gasteiger partial charge >= 0.3 is 0 Å². The first-order valence-corrected chi connectivity index (χ1v) is 11.2. The molecule has 0 aliphatic heterocycles. The van der Waals surface area contributed by atoms with Gasteiger partial charge in [-0.3, -0.25) is 3.97 Å². The highest BCUT2D eigenvalue weighted by atomic mass is 32.2. The van der Waals surface area contributed by atoms with E-state index in [1.54, 1.807) is 24.4 Å². The first kappa shape index (κ1) is 19.6. The summed E-state index contributed by atoms with van der Waals surface area (Å²) in [7, 11) is 0. The summed E-state index contributed by atoms with van der Waals surface area (Å²) in [6, 6.07) is 12.7. The first-order valence-electron chi connectivity index (χ1n) is 10.4. The number of aryl methyl sites for hydroxylation is 1. The Hall–Kier alpha value is -3.37. The highest BCUT2D eigenvalue weighted by molar-refractivity contribution is 7.98. The van der Waals surface area contributed by atoms with Crippen LogP contribution in [0.3, 0.4) is 0 Å². The van der Waals surface area contributed by atoms with Crippen molar-refractivity contribution in [2.24, 2.45) is 5.92 Å². The van der Waals surface area contributed by atoms with Crippen LogP contribution < -0.4 is 0 Å². The second-order valence-electron chi connectivity index (χ2n) is 7.86. The van der Waals surface area contributed by atoms with Gasteiger partial charge in [0.25, 0.3) is 0 Å². The molecule has 0 unspecified atom stereocenters. The van der Waals surface area contributed by atoms with Crippen LogP contribution in [0.2, 0.25) is 0 Å². The SMILES string of the molecule is Cc1ccc(Sn2ccc3c(-c4cnn(/C(=C/C#N)C5CCCC5)c4)ncnc32)cc1. The molecule has 5 rings (SSSR count). The highest BCUT2D eigenvalue weighted by Crippen LogP contribution is 2.35. The summed E-state index contributed by atoms with van der Waals surface area (Å²) in [6.45, 7) is 2.09. The van der Waals surface area contributed by atoms with Gasteiger partial charge < -0.3 is 0 Å². The zero-order chi connectivity index (χ0) is 21.2. The lowest BCUT2D eigenvalue weighted by Gasteiger charge is -2.13. The molecule has 0 N–H and O–H groups in total. The Morgan fingerprint density at radius 2 is 1.97 bits per heavy atom. The van der Waals surface area contributed by atoms with Gasteiger partial charge in [0.15, 0.2) is 5.65 Å². The number of hydrogen-bond donors (Lipinski definition) is 0. The van der Waals surface area contributed by atoms with Crippen molar-refractivity contribution in [3.63, 3.8) is 0 Å². The number of rotatable bonds is 5. The van der Waals surface area contributed by atoms with E-state index in [-0.39, 0.29) is 0 Å². The molecule has 0 amide bonds. The quantitative estimate of drug-likeness (QED) is 0.382. The fourth-order valence-corrected chi connectivity index (χ4v) is 5.03. The van der Waals surface area contributed by atoms with E-state index in [4.69, 9.17) is 0 Å². The minimum Gasteiger partial charge on any atom is -0.271 e. The Balaban J connectivity index is 1.48. The van der Waals surface area contributed by atoms with E-state index < -0.39 is 0 Å². The van der Waals surface area contributed by atoms with Gasteiger partial charge in [-0.1, -0.05) is 30.5 Å². The standard InChI is InChI=1S/C24H22N6S/c1-17-6-8-20(9-7-17)31-30-13-11-21-23(26-16-27-24(21)30)19-14-28-29(15-19)22(10-12-25)18-4-2-3-5-18/h6-11,13-16,18H,2-5H2,1H3/b22-10+. The van der Waals surface area contributed by atoms with E-state index in [0.29, 0.717) is 5.92 Å². The third kappa shape index (κ3) is 3.87. The number of fused-ring (bicyclic) bond motifs is 1. The lowest BCUT2D eigenvalue weighted by molar-refractivity contribution is 0.649. The zero-order valence-electron chi connectivity index (χ0n) is 17.3. The molecule has 4 aromatic rings. The van der Waals surface area contributed by atoms with Gasteiger partial charge in [-0.2, -0.15) is 10.4 Å². The summed E-state index contributed by atoms with van der Waals surface area (Å²) < 4.78 is 3.91. The number of benzene rings is 1. The van der Waals surface area contributed by atoms with Crippen molar-refractivity contribution in [3.05, 3.63) is 66.9 Å². The summed E-state index contributed by atoms with van der Waals surface area (Å²) in [5, 5.41) is 14.8. The van der Waals surface area contributed by atoms with Crippen LogP contribution in [0, 0.1) is 24.2 Å². The summed E-state index contributed by atoms with van der Waals surface area (Å²) >= 11 is 1.63. The molecule has 7 heteroatoms. The molecule has 1 aliphatic carbocycles. The topological polar surface area (TPSA) is 72.3 Å². The Morgan fingerprint density at radius 3 is 2.74 bits per heavy atom. The largest absolute Gasteiger partial charge is 0.271 e. The van der Waals surface area contributed by atoms with Crippen molar-refractivity contribution in [3.8, 4) is 17.3 Å². The Bertz CT molecular complexity index is 1290. The summed E-state index contributed by atoms with van der Waals surface area (Å²) in [5.74, 6) is 0.393. The maximum Gasteiger partial charge on any atom is 0.154 e. The fourth-order valence-electron chi connectivity index (χ4n) is 4.19. The third-order valence-corrected chi connectivity index (χ3v) is 6.75. The molecular weight excluding hydrogens is 404 g/mol. The molecule has 31 heavy (non-hydrogen) atoms. The zero-order valence-corrected chi connectivity index (χ0v) is 18.1. The number of nitriles is 1. The molecule has 0 radical (unpaired) electrons. The van der Waals surface area contributed by atoms with Crippen LogP contribution in [0.4, 0.5) is 0 Å². The molecule has 1 saturated carbocycles. The van der Waals surface area contributed by atoms with E-state index in [0.717, 1.165) is 45.7 Å². The van der Waals surface area contributed by atoms with Crippen molar-refractivity contribution >= 4 is 28.7 Å². The molecule has 1 fully saturated rings. The van der Waals surface area contributed by atoms with Crippen molar-refractivity contribution in [2.45, 2.75) is 37.5 Å². The maximum absolute atomic E-state index is 9.27. The minimum absolute atomic E-state index is 0.393. The molecule has 3 aromatic heterocycles. The molecule has 3 heterocycles. The summed E-state index contributed by atoms with van der Waals surface area (Å²) in [4.78, 5) is 10.2. The second kappa shape index (κ2) is 8.40. The van der Waals surface area contributed by atoms with Crippen LogP contribution in [0.25, 0.3) is 28.0 Å². The van der Waals surface area contributed by atoms with Crippen LogP contribution >= 0.6 is 11.9 Å². The highest BCUT2D eigenvalue weighted by Gasteiger charge is 2.22. The molecule has 0 spiro atoms. The van der Waals surface area contributed by atoms with Crippen molar-refractivity contribution in [1.82, 2.24) is 23.7 Å². The normalized spacial score (nSPS) is 14.9. The van der Waals surface area contributed by atoms with Crippen LogP contribution in [-0.4, -0.2) is 23.7 Å². The molecule has 1 aromatic carbocycles. The van der Waals surface area contributed by atoms with Crippen LogP contribution in [-0.2, 0) is 0 Å². The van der Waals surface area contributed by atoms with Gasteiger partial charge in [-0.05, 0) is 49.9 Å². The fraction of sp³-hybridized carbons (Fsp3) is 0.250. The second-order valence-corrected chi connectivity index (χ2v) is 8.91. The molecule has 1 aliphatic rings. The average molecular weight is 427 g/mol. The van der Waals surface area contributed by atoms with Crippen molar-refractivity contribution in [1.29, 1.82) is 5.26 Å². The van der Waals surface area contributed by atoms with Gasteiger partial charge in [-0.15, -0.1) is 0 Å². The first-order chi connectivity index (χ1) is 15.2. The van der Waals surface area contributed by atoms with E-state index in [9.17, 15) is 5.26 Å². The molecule has 0 atom stereocenters. The number of aromatic nitrogens is 5. The van der Waals surface area contributed by atoms with Gasteiger partial charge in [0, 0.05) is 40.2 Å². The summed E-state index contributed by atoms with van der Waals surface area (Å²) in [5.41, 5.74) is 4.86. The third-order valence-electron chi connectivity index (χ3n) is 5.78. The number of nitrogens with zero attached hydrogens (tertiary/aromatic N) is 6. The Morgan fingerprint density at radius 1 is 1.16 bits per heavy atom. The van der Waals surface area contributed by atoms with Gasteiger partial charge in [0.2, 0.25) is 0 Å². The van der Waals surface area contributed by atoms with Gasteiger partial charge in [-0.25, -0.2) is 14.6 Å². The van der Waals surface area contributed by atoms with Crippen LogP contribution in [0.1, 0.15) is 31.2 Å². The summed E-state index contributed by atoms with van der Waals surface area (Å²) in [6.07, 6.45) is 13.7. The predicted molar refractivity (Wildman–Crippen MR) is 123 cm³/mol. The molecule has 0 saturated heterocycles. The Kier molecular flexibility index (Phi) is 5.31. The molecular formula is C24H22N6S. The number of allylic oxidation sites excluding steroid dienone is 2. The van der Waals surface area contributed by atoms with Crippen LogP contribution in [0.15, 0.2) is 66.2 Å². The predicted octanol–water partition coefficient (Wildman–Crippen LogP) is 5.71. The smallest absolute Gasteiger partial charge is 0.154 e. The molecule has 154 valence electrons. The van der Waals surface area contributed by atoms with E-state index in [1.807, 2.05) is 29.3 Å². The maximum atomic E-state index is 9.27. The Labute approximate surface area is 185 Å². The molecule has 6 nitrogen and oxygen atoms in total. The van der Waals surface area contributed by atoms with Crippen LogP contribution in [0.5, 0.6) is 0 Å². The average Bonchev–Trinajstić information content (AvgIpc) is 3.55. The van der Waals surface area contributed by atoms with E-state index >= 15 is 0 Å². The lowest BCUT2D eigenvalue weighted by Crippen LogP contribution is -2.06. The van der Waals surface area contributed by atoms with Crippen molar-refractivity contribution in [2.75, 3.05) is 0 Å². The van der Waals surface area contributed by atoms with Gasteiger partial charge in [0.1, 0.15) is 6.33 Å². The minimum atomic E-state index is 0.393. The molecule has 0 bridgehead atoms. The number of hydrogen-bond acceptors (Lipinski definition) is 5. The monoisotopic (exact) mass is 426 g/mol. The van der Waals surface area contributed by atoms with Crippen molar-refractivity contribution < 1.29 is 0 Å².